The van der Waals surface area contributed by atoms with Crippen molar-refractivity contribution in [3.63, 3.8) is 0 Å². The van der Waals surface area contributed by atoms with Crippen molar-refractivity contribution < 1.29 is 9.84 Å². The predicted octanol–water partition coefficient (Wildman–Crippen LogP) is 3.82. The van der Waals surface area contributed by atoms with Crippen LogP contribution >= 0.6 is 0 Å². The molecular weight excluding hydrogens is 376 g/mol. The fourth-order valence-electron chi connectivity index (χ4n) is 4.59. The molecule has 0 amide bonds. The molecule has 2 heterocycles. The second-order valence-corrected chi connectivity index (χ2v) is 8.74. The zero-order valence-electron chi connectivity index (χ0n) is 18.7. The summed E-state index contributed by atoms with van der Waals surface area (Å²) in [5, 5.41) is 15.9. The second kappa shape index (κ2) is 8.82. The number of nitrogens with one attached hydrogen (secondary N) is 1. The number of anilines is 1. The van der Waals surface area contributed by atoms with Gasteiger partial charge in [-0.1, -0.05) is 0 Å². The summed E-state index contributed by atoms with van der Waals surface area (Å²) < 4.78 is 7.92. The first-order valence-corrected chi connectivity index (χ1v) is 11.1. The van der Waals surface area contributed by atoms with E-state index >= 15 is 0 Å². The monoisotopic (exact) mass is 410 g/mol. The number of aromatic nitrogens is 2. The largest absolute Gasteiger partial charge is 0.497 e. The molecule has 1 aliphatic carbocycles. The van der Waals surface area contributed by atoms with Crippen LogP contribution in [-0.2, 0) is 19.4 Å². The highest BCUT2D eigenvalue weighted by Gasteiger charge is 2.23. The molecule has 1 unspecified atom stereocenters. The summed E-state index contributed by atoms with van der Waals surface area (Å²) in [7, 11) is 5.94. The number of benzene rings is 1. The van der Waals surface area contributed by atoms with Gasteiger partial charge in [0.05, 0.1) is 29.8 Å². The number of ether oxygens (including phenoxy) is 1. The van der Waals surface area contributed by atoms with E-state index in [-0.39, 0.29) is 0 Å². The number of aryl methyl sites for hydroxylation is 2. The normalized spacial score (nSPS) is 15.0. The van der Waals surface area contributed by atoms with Crippen LogP contribution < -0.4 is 10.1 Å². The van der Waals surface area contributed by atoms with E-state index in [9.17, 15) is 5.11 Å². The van der Waals surface area contributed by atoms with Gasteiger partial charge < -0.3 is 24.6 Å². The molecule has 4 rings (SSSR count). The number of hydrogen-bond donors (Lipinski definition) is 2. The third-order valence-corrected chi connectivity index (χ3v) is 6.04. The molecule has 0 spiro atoms. The Hall–Kier alpha value is -2.31. The topological polar surface area (TPSA) is 62.5 Å². The maximum atomic E-state index is 9.95. The number of aliphatic hydroxyl groups excluding tert-OH is 1. The van der Waals surface area contributed by atoms with Crippen LogP contribution in [0.1, 0.15) is 37.4 Å². The average molecular weight is 411 g/mol. The second-order valence-electron chi connectivity index (χ2n) is 8.74. The van der Waals surface area contributed by atoms with E-state index in [2.05, 4.69) is 41.0 Å². The first kappa shape index (κ1) is 20.9. The number of hydrogen-bond acceptors (Lipinski definition) is 5. The molecule has 1 aliphatic rings. The summed E-state index contributed by atoms with van der Waals surface area (Å²) in [4.78, 5) is 7.42. The van der Waals surface area contributed by atoms with Gasteiger partial charge in [0.2, 0.25) is 0 Å². The standard InChI is InChI=1S/C24H34N4O2/c1-16(29)15-25-23-18-8-5-6-9-20(18)26-24-22(23)19-14-17(30-4)10-11-21(19)28(24)13-7-12-27(2)3/h10-11,14,16,29H,5-9,12-13,15H2,1-4H3,(H,25,26). The van der Waals surface area contributed by atoms with Crippen molar-refractivity contribution in [2.24, 2.45) is 0 Å². The molecule has 0 radical (unpaired) electrons. The summed E-state index contributed by atoms with van der Waals surface area (Å²) in [5.41, 5.74) is 5.93. The molecule has 1 aromatic carbocycles. The van der Waals surface area contributed by atoms with E-state index in [1.165, 1.54) is 35.0 Å². The van der Waals surface area contributed by atoms with Crippen LogP contribution in [-0.4, -0.2) is 60.0 Å². The highest BCUT2D eigenvalue weighted by atomic mass is 16.5. The average Bonchev–Trinajstić information content (AvgIpc) is 3.03. The molecule has 0 fully saturated rings. The van der Waals surface area contributed by atoms with E-state index in [0.717, 1.165) is 54.8 Å². The summed E-state index contributed by atoms with van der Waals surface area (Å²) in [5.74, 6) is 0.856. The summed E-state index contributed by atoms with van der Waals surface area (Å²) >= 11 is 0. The van der Waals surface area contributed by atoms with Gasteiger partial charge in [0.1, 0.15) is 11.4 Å². The lowest BCUT2D eigenvalue weighted by Gasteiger charge is -2.22. The lowest BCUT2D eigenvalue weighted by molar-refractivity contribution is 0.208. The van der Waals surface area contributed by atoms with Gasteiger partial charge in [-0.15, -0.1) is 0 Å². The molecule has 0 aliphatic heterocycles. The molecule has 0 saturated heterocycles. The van der Waals surface area contributed by atoms with Crippen LogP contribution in [0.25, 0.3) is 21.9 Å². The van der Waals surface area contributed by atoms with Crippen molar-refractivity contribution in [3.8, 4) is 5.75 Å². The summed E-state index contributed by atoms with van der Waals surface area (Å²) in [6.07, 6.45) is 5.10. The first-order valence-electron chi connectivity index (χ1n) is 11.1. The Kier molecular flexibility index (Phi) is 6.16. The van der Waals surface area contributed by atoms with Crippen molar-refractivity contribution in [2.45, 2.75) is 51.7 Å². The van der Waals surface area contributed by atoms with Gasteiger partial charge in [0.25, 0.3) is 0 Å². The van der Waals surface area contributed by atoms with Crippen molar-refractivity contribution in [2.75, 3.05) is 39.6 Å². The van der Waals surface area contributed by atoms with Crippen LogP contribution in [0.4, 0.5) is 5.69 Å². The Labute approximate surface area is 178 Å². The van der Waals surface area contributed by atoms with Crippen molar-refractivity contribution in [3.05, 3.63) is 29.5 Å². The van der Waals surface area contributed by atoms with Gasteiger partial charge in [0, 0.05) is 24.2 Å². The number of aliphatic hydroxyl groups is 1. The maximum absolute atomic E-state index is 9.95. The number of pyridine rings is 1. The minimum absolute atomic E-state index is 0.407. The highest BCUT2D eigenvalue weighted by molar-refractivity contribution is 6.14. The lowest BCUT2D eigenvalue weighted by Crippen LogP contribution is -2.19. The van der Waals surface area contributed by atoms with Crippen molar-refractivity contribution >= 4 is 27.6 Å². The molecule has 0 bridgehead atoms. The fourth-order valence-corrected chi connectivity index (χ4v) is 4.59. The Morgan fingerprint density at radius 2 is 2.07 bits per heavy atom. The van der Waals surface area contributed by atoms with E-state index in [0.29, 0.717) is 6.54 Å². The zero-order valence-corrected chi connectivity index (χ0v) is 18.7. The minimum atomic E-state index is -0.407. The maximum Gasteiger partial charge on any atom is 0.143 e. The molecule has 6 heteroatoms. The van der Waals surface area contributed by atoms with Crippen LogP contribution in [0.2, 0.25) is 0 Å². The molecule has 162 valence electrons. The van der Waals surface area contributed by atoms with Gasteiger partial charge in [-0.25, -0.2) is 4.98 Å². The third kappa shape index (κ3) is 3.98. The lowest BCUT2D eigenvalue weighted by atomic mass is 9.93. The third-order valence-electron chi connectivity index (χ3n) is 6.04. The van der Waals surface area contributed by atoms with Crippen molar-refractivity contribution in [1.29, 1.82) is 0 Å². The number of rotatable bonds is 8. The fraction of sp³-hybridized carbons (Fsp3) is 0.542. The Bertz CT molecular complexity index is 1040. The molecule has 3 aromatic rings. The highest BCUT2D eigenvalue weighted by Crippen LogP contribution is 2.40. The molecule has 1 atom stereocenters. The molecule has 2 N–H and O–H groups in total. The van der Waals surface area contributed by atoms with Crippen LogP contribution in [0.5, 0.6) is 5.75 Å². The zero-order chi connectivity index (χ0) is 21.3. The van der Waals surface area contributed by atoms with E-state index in [1.807, 2.05) is 13.0 Å². The summed E-state index contributed by atoms with van der Waals surface area (Å²) in [6, 6.07) is 6.32. The quantitative estimate of drug-likeness (QED) is 0.591. The SMILES string of the molecule is COc1ccc2c(c1)c1c(NCC(C)O)c3c(nc1n2CCCN(C)C)CCCC3. The van der Waals surface area contributed by atoms with E-state index in [4.69, 9.17) is 9.72 Å². The number of nitrogens with zero attached hydrogens (tertiary/aromatic N) is 3. The van der Waals surface area contributed by atoms with Gasteiger partial charge in [0.15, 0.2) is 0 Å². The van der Waals surface area contributed by atoms with Crippen LogP contribution in [0.15, 0.2) is 18.2 Å². The smallest absolute Gasteiger partial charge is 0.143 e. The Balaban J connectivity index is 1.96. The van der Waals surface area contributed by atoms with Gasteiger partial charge in [-0.05, 0) is 83.4 Å². The molecule has 6 nitrogen and oxygen atoms in total. The van der Waals surface area contributed by atoms with E-state index < -0.39 is 6.10 Å². The van der Waals surface area contributed by atoms with Gasteiger partial charge >= 0.3 is 0 Å². The summed E-state index contributed by atoms with van der Waals surface area (Å²) in [6.45, 7) is 4.32. The van der Waals surface area contributed by atoms with Crippen molar-refractivity contribution in [1.82, 2.24) is 14.5 Å². The molecule has 0 saturated carbocycles. The minimum Gasteiger partial charge on any atom is -0.497 e. The predicted molar refractivity (Wildman–Crippen MR) is 124 cm³/mol. The first-order chi connectivity index (χ1) is 14.5. The molecule has 2 aromatic heterocycles. The Morgan fingerprint density at radius 1 is 1.27 bits per heavy atom. The van der Waals surface area contributed by atoms with Crippen LogP contribution in [0, 0.1) is 0 Å². The van der Waals surface area contributed by atoms with Crippen LogP contribution in [0.3, 0.4) is 0 Å². The van der Waals surface area contributed by atoms with Gasteiger partial charge in [-0.3, -0.25) is 0 Å². The number of fused-ring (bicyclic) bond motifs is 4. The Morgan fingerprint density at radius 3 is 2.80 bits per heavy atom. The number of methoxy groups -OCH3 is 1. The van der Waals surface area contributed by atoms with Gasteiger partial charge in [-0.2, -0.15) is 0 Å². The van der Waals surface area contributed by atoms with E-state index in [1.54, 1.807) is 7.11 Å². The molecular formula is C24H34N4O2. The molecule has 30 heavy (non-hydrogen) atoms.